The molecule has 0 aliphatic carbocycles. The van der Waals surface area contributed by atoms with Gasteiger partial charge in [-0.05, 0) is 12.1 Å². The third-order valence-electron chi connectivity index (χ3n) is 2.57. The number of aliphatic hydroxyl groups excluding tert-OH is 1. The number of benzene rings is 1. The minimum Gasteiger partial charge on any atom is -0.390 e. The number of aliphatic hydroxyl groups is 1. The molecule has 1 aliphatic heterocycles. The van der Waals surface area contributed by atoms with E-state index in [2.05, 4.69) is 10.6 Å². The number of carbonyl (C=O) groups is 2. The summed E-state index contributed by atoms with van der Waals surface area (Å²) in [7, 11) is 0. The van der Waals surface area contributed by atoms with Crippen molar-refractivity contribution in [1.29, 1.82) is 0 Å². The van der Waals surface area contributed by atoms with E-state index in [1.165, 1.54) is 18.2 Å². The quantitative estimate of drug-likeness (QED) is 0.628. The molecular formula is C11H11FN2O3. The van der Waals surface area contributed by atoms with Gasteiger partial charge in [0.25, 0.3) is 0 Å². The zero-order valence-corrected chi connectivity index (χ0v) is 8.81. The van der Waals surface area contributed by atoms with Crippen LogP contribution in [0.2, 0.25) is 0 Å². The Kier molecular flexibility index (Phi) is 3.06. The molecule has 2 atom stereocenters. The Labute approximate surface area is 96.6 Å². The van der Waals surface area contributed by atoms with Crippen LogP contribution in [0.15, 0.2) is 24.3 Å². The molecule has 0 bridgehead atoms. The normalized spacial score (nSPS) is 23.3. The summed E-state index contributed by atoms with van der Waals surface area (Å²) in [6, 6.07) is 5.62. The minimum atomic E-state index is -1.19. The van der Waals surface area contributed by atoms with Crippen molar-refractivity contribution in [3.05, 3.63) is 30.1 Å². The largest absolute Gasteiger partial charge is 0.390 e. The first-order chi connectivity index (χ1) is 8.09. The molecule has 1 heterocycles. The van der Waals surface area contributed by atoms with E-state index in [0.717, 1.165) is 0 Å². The number of halogens is 1. The Morgan fingerprint density at radius 1 is 1.47 bits per heavy atom. The molecule has 1 saturated heterocycles. The summed E-state index contributed by atoms with van der Waals surface area (Å²) < 4.78 is 13.3. The van der Waals surface area contributed by atoms with Gasteiger partial charge in [0.2, 0.25) is 11.8 Å². The molecule has 6 heteroatoms. The van der Waals surface area contributed by atoms with E-state index in [9.17, 15) is 19.1 Å². The highest BCUT2D eigenvalue weighted by Gasteiger charge is 2.39. The van der Waals surface area contributed by atoms with Gasteiger partial charge in [0, 0.05) is 6.54 Å². The molecule has 17 heavy (non-hydrogen) atoms. The van der Waals surface area contributed by atoms with E-state index in [1.807, 2.05) is 0 Å². The van der Waals surface area contributed by atoms with E-state index < -0.39 is 29.7 Å². The van der Waals surface area contributed by atoms with Crippen LogP contribution in [0.25, 0.3) is 0 Å². The minimum absolute atomic E-state index is 0.00981. The standard InChI is InChI=1S/C11H11FN2O3/c12-6-3-1-2-4-7(6)14-11(17)9-8(15)5-13-10(9)16/h1-4,8-9,15H,5H2,(H,13,16)(H,14,17). The van der Waals surface area contributed by atoms with Crippen molar-refractivity contribution in [3.63, 3.8) is 0 Å². The molecule has 1 aliphatic rings. The van der Waals surface area contributed by atoms with Crippen molar-refractivity contribution < 1.29 is 19.1 Å². The van der Waals surface area contributed by atoms with Crippen LogP contribution in [0.4, 0.5) is 10.1 Å². The first-order valence-corrected chi connectivity index (χ1v) is 5.11. The number of carbonyl (C=O) groups excluding carboxylic acids is 2. The average molecular weight is 238 g/mol. The number of para-hydroxylation sites is 1. The lowest BCUT2D eigenvalue weighted by molar-refractivity contribution is -0.132. The lowest BCUT2D eigenvalue weighted by atomic mass is 10.0. The van der Waals surface area contributed by atoms with Gasteiger partial charge in [-0.1, -0.05) is 12.1 Å². The number of anilines is 1. The van der Waals surface area contributed by atoms with Gasteiger partial charge in [0.05, 0.1) is 11.8 Å². The van der Waals surface area contributed by atoms with E-state index in [1.54, 1.807) is 6.07 Å². The molecule has 1 fully saturated rings. The fourth-order valence-corrected chi connectivity index (χ4v) is 1.67. The summed E-state index contributed by atoms with van der Waals surface area (Å²) in [4.78, 5) is 23.0. The van der Waals surface area contributed by atoms with E-state index in [4.69, 9.17) is 0 Å². The third kappa shape index (κ3) is 2.26. The zero-order chi connectivity index (χ0) is 12.4. The lowest BCUT2D eigenvalue weighted by Gasteiger charge is -2.12. The predicted octanol–water partition coefficient (Wildman–Crippen LogP) is -0.129. The molecule has 90 valence electrons. The number of hydrogen-bond acceptors (Lipinski definition) is 3. The fourth-order valence-electron chi connectivity index (χ4n) is 1.67. The number of rotatable bonds is 2. The first-order valence-electron chi connectivity index (χ1n) is 5.11. The summed E-state index contributed by atoms with van der Waals surface area (Å²) >= 11 is 0. The van der Waals surface area contributed by atoms with Crippen LogP contribution >= 0.6 is 0 Å². The van der Waals surface area contributed by atoms with Crippen LogP contribution in [-0.4, -0.2) is 29.6 Å². The van der Waals surface area contributed by atoms with Gasteiger partial charge in [-0.3, -0.25) is 9.59 Å². The Morgan fingerprint density at radius 2 is 2.18 bits per heavy atom. The predicted molar refractivity (Wildman–Crippen MR) is 57.5 cm³/mol. The number of β-amino-alcohol motifs (C(OH)–C–C–N with tert-alkyl or cyclic N) is 1. The zero-order valence-electron chi connectivity index (χ0n) is 8.81. The maximum Gasteiger partial charge on any atom is 0.239 e. The number of hydrogen-bond donors (Lipinski definition) is 3. The van der Waals surface area contributed by atoms with Crippen molar-refractivity contribution in [3.8, 4) is 0 Å². The highest BCUT2D eigenvalue weighted by Crippen LogP contribution is 2.17. The van der Waals surface area contributed by atoms with Gasteiger partial charge in [-0.2, -0.15) is 0 Å². The molecular weight excluding hydrogens is 227 g/mol. The summed E-state index contributed by atoms with van der Waals surface area (Å²) in [5.41, 5.74) is -0.00981. The average Bonchev–Trinajstić information content (AvgIpc) is 2.62. The number of amides is 2. The maximum atomic E-state index is 13.3. The molecule has 5 nitrogen and oxygen atoms in total. The van der Waals surface area contributed by atoms with Crippen molar-refractivity contribution in [2.45, 2.75) is 6.10 Å². The smallest absolute Gasteiger partial charge is 0.239 e. The molecule has 2 amide bonds. The Balaban J connectivity index is 2.12. The lowest BCUT2D eigenvalue weighted by Crippen LogP contribution is -2.34. The monoisotopic (exact) mass is 238 g/mol. The molecule has 0 saturated carbocycles. The van der Waals surface area contributed by atoms with E-state index in [0.29, 0.717) is 0 Å². The second-order valence-electron chi connectivity index (χ2n) is 3.76. The van der Waals surface area contributed by atoms with Gasteiger partial charge >= 0.3 is 0 Å². The van der Waals surface area contributed by atoms with Crippen molar-refractivity contribution >= 4 is 17.5 Å². The third-order valence-corrected chi connectivity index (χ3v) is 2.57. The Morgan fingerprint density at radius 3 is 2.76 bits per heavy atom. The van der Waals surface area contributed by atoms with E-state index in [-0.39, 0.29) is 12.2 Å². The van der Waals surface area contributed by atoms with Crippen molar-refractivity contribution in [1.82, 2.24) is 5.32 Å². The molecule has 0 spiro atoms. The SMILES string of the molecule is O=C1NCC(O)C1C(=O)Nc1ccccc1F. The van der Waals surface area contributed by atoms with Gasteiger partial charge in [-0.25, -0.2) is 4.39 Å². The van der Waals surface area contributed by atoms with Crippen LogP contribution < -0.4 is 10.6 Å². The summed E-state index contributed by atoms with van der Waals surface area (Å²) in [6.07, 6.45) is -1.07. The van der Waals surface area contributed by atoms with Gasteiger partial charge in [-0.15, -0.1) is 0 Å². The highest BCUT2D eigenvalue weighted by molar-refractivity contribution is 6.08. The summed E-state index contributed by atoms with van der Waals surface area (Å²) in [5, 5.41) is 14.1. The molecule has 1 aromatic rings. The first kappa shape index (κ1) is 11.5. The molecule has 0 radical (unpaired) electrons. The van der Waals surface area contributed by atoms with E-state index >= 15 is 0 Å². The van der Waals surface area contributed by atoms with Crippen LogP contribution in [-0.2, 0) is 9.59 Å². The molecule has 2 rings (SSSR count). The number of nitrogens with one attached hydrogen (secondary N) is 2. The van der Waals surface area contributed by atoms with Crippen LogP contribution in [0.1, 0.15) is 0 Å². The van der Waals surface area contributed by atoms with Crippen LogP contribution in [0.5, 0.6) is 0 Å². The Hall–Kier alpha value is -1.95. The topological polar surface area (TPSA) is 78.4 Å². The summed E-state index contributed by atoms with van der Waals surface area (Å²) in [5.74, 6) is -3.03. The van der Waals surface area contributed by atoms with Gasteiger partial charge in [0.15, 0.2) is 0 Å². The Bertz CT molecular complexity index is 464. The van der Waals surface area contributed by atoms with Crippen molar-refractivity contribution in [2.75, 3.05) is 11.9 Å². The highest BCUT2D eigenvalue weighted by atomic mass is 19.1. The van der Waals surface area contributed by atoms with Gasteiger partial charge < -0.3 is 15.7 Å². The molecule has 2 unspecified atom stereocenters. The van der Waals surface area contributed by atoms with Crippen LogP contribution in [0, 0.1) is 11.7 Å². The van der Waals surface area contributed by atoms with Crippen molar-refractivity contribution in [2.24, 2.45) is 5.92 Å². The molecule has 1 aromatic carbocycles. The second-order valence-corrected chi connectivity index (χ2v) is 3.76. The molecule has 3 N–H and O–H groups in total. The van der Waals surface area contributed by atoms with Gasteiger partial charge in [0.1, 0.15) is 11.7 Å². The van der Waals surface area contributed by atoms with Crippen LogP contribution in [0.3, 0.4) is 0 Å². The maximum absolute atomic E-state index is 13.3. The molecule has 0 aromatic heterocycles. The second kappa shape index (κ2) is 4.50. The fraction of sp³-hybridized carbons (Fsp3) is 0.273. The summed E-state index contributed by atoms with van der Waals surface area (Å²) in [6.45, 7) is 0.0359.